The van der Waals surface area contributed by atoms with Crippen molar-refractivity contribution in [1.29, 1.82) is 0 Å². The number of halogens is 3. The van der Waals surface area contributed by atoms with Gasteiger partial charge in [0.1, 0.15) is 0 Å². The first-order chi connectivity index (χ1) is 12.9. The van der Waals surface area contributed by atoms with Crippen LogP contribution in [0.1, 0.15) is 48.9 Å². The lowest BCUT2D eigenvalue weighted by molar-refractivity contribution is -0.137. The summed E-state index contributed by atoms with van der Waals surface area (Å²) < 4.78 is 39.9. The molecule has 2 aliphatic rings. The van der Waals surface area contributed by atoms with Crippen LogP contribution < -0.4 is 5.32 Å². The van der Waals surface area contributed by atoms with E-state index in [1.807, 2.05) is 6.20 Å². The summed E-state index contributed by atoms with van der Waals surface area (Å²) in [5, 5.41) is 7.15. The third kappa shape index (κ3) is 3.94. The van der Waals surface area contributed by atoms with E-state index in [1.54, 1.807) is 4.90 Å². The highest BCUT2D eigenvalue weighted by Gasteiger charge is 2.32. The molecule has 0 spiro atoms. The molecule has 0 unspecified atom stereocenters. The maximum atomic E-state index is 12.6. The van der Waals surface area contributed by atoms with Gasteiger partial charge in [0.15, 0.2) is 0 Å². The molecule has 1 aromatic carbocycles. The number of urea groups is 1. The van der Waals surface area contributed by atoms with Crippen LogP contribution in [-0.4, -0.2) is 33.8 Å². The van der Waals surface area contributed by atoms with Crippen molar-refractivity contribution in [2.75, 3.05) is 18.4 Å². The zero-order valence-electron chi connectivity index (χ0n) is 14.7. The Bertz CT molecular complexity index is 803. The van der Waals surface area contributed by atoms with Crippen molar-refractivity contribution in [3.8, 4) is 0 Å². The summed E-state index contributed by atoms with van der Waals surface area (Å²) in [7, 11) is 0. The summed E-state index contributed by atoms with van der Waals surface area (Å²) in [6.45, 7) is 1.20. The fourth-order valence-corrected chi connectivity index (χ4v) is 3.59. The van der Waals surface area contributed by atoms with Gasteiger partial charge in [-0.25, -0.2) is 4.79 Å². The maximum absolute atomic E-state index is 12.6. The molecule has 2 amide bonds. The van der Waals surface area contributed by atoms with Gasteiger partial charge < -0.3 is 10.2 Å². The number of hydrogen-bond acceptors (Lipinski definition) is 2. The number of benzene rings is 1. The zero-order chi connectivity index (χ0) is 19.0. The molecule has 0 radical (unpaired) electrons. The van der Waals surface area contributed by atoms with Crippen molar-refractivity contribution in [1.82, 2.24) is 14.7 Å². The van der Waals surface area contributed by atoms with Crippen molar-refractivity contribution in [2.24, 2.45) is 0 Å². The van der Waals surface area contributed by atoms with Crippen LogP contribution >= 0.6 is 0 Å². The van der Waals surface area contributed by atoms with E-state index in [4.69, 9.17) is 0 Å². The number of carbonyl (C=O) groups is 1. The number of piperidine rings is 1. The van der Waals surface area contributed by atoms with E-state index < -0.39 is 11.7 Å². The summed E-state index contributed by atoms with van der Waals surface area (Å²) in [5.74, 6) is 0.633. The lowest BCUT2D eigenvalue weighted by Crippen LogP contribution is -2.41. The molecule has 1 saturated carbocycles. The van der Waals surface area contributed by atoms with Gasteiger partial charge in [0, 0.05) is 36.6 Å². The first-order valence-electron chi connectivity index (χ1n) is 9.18. The average Bonchev–Trinajstić information content (AvgIpc) is 3.38. The number of rotatable bonds is 3. The van der Waals surface area contributed by atoms with Crippen LogP contribution in [0.3, 0.4) is 0 Å². The molecule has 1 N–H and O–H groups in total. The first kappa shape index (κ1) is 17.9. The van der Waals surface area contributed by atoms with Crippen molar-refractivity contribution in [3.05, 3.63) is 47.8 Å². The topological polar surface area (TPSA) is 50.2 Å². The van der Waals surface area contributed by atoms with Gasteiger partial charge in [-0.1, -0.05) is 0 Å². The van der Waals surface area contributed by atoms with E-state index in [0.717, 1.165) is 25.0 Å². The standard InChI is InChI=1S/C19H21F3N4O/c20-19(21,22)14-3-5-15(6-4-14)24-18(27)25-11-8-16(9-12-25)26-17(7-10-23-26)13-1-2-13/h3-7,10,13,16H,1-2,8-9,11-12H2,(H,24,27). The van der Waals surface area contributed by atoms with Crippen molar-refractivity contribution in [3.63, 3.8) is 0 Å². The number of likely N-dealkylation sites (tertiary alicyclic amines) is 1. The van der Waals surface area contributed by atoms with Crippen molar-refractivity contribution in [2.45, 2.75) is 43.8 Å². The molecular formula is C19H21F3N4O. The van der Waals surface area contributed by atoms with E-state index in [-0.39, 0.29) is 6.03 Å². The zero-order valence-corrected chi connectivity index (χ0v) is 14.7. The molecule has 2 fully saturated rings. The molecule has 0 bridgehead atoms. The minimum Gasteiger partial charge on any atom is -0.324 e. The number of nitrogens with one attached hydrogen (secondary N) is 1. The monoisotopic (exact) mass is 378 g/mol. The van der Waals surface area contributed by atoms with Crippen LogP contribution in [-0.2, 0) is 6.18 Å². The fraction of sp³-hybridized carbons (Fsp3) is 0.474. The molecule has 27 heavy (non-hydrogen) atoms. The minimum atomic E-state index is -4.38. The first-order valence-corrected chi connectivity index (χ1v) is 9.18. The highest BCUT2D eigenvalue weighted by molar-refractivity contribution is 5.89. The minimum absolute atomic E-state index is 0.281. The van der Waals surface area contributed by atoms with Gasteiger partial charge in [-0.15, -0.1) is 0 Å². The Balaban J connectivity index is 1.32. The van der Waals surface area contributed by atoms with Crippen LogP contribution in [0.15, 0.2) is 36.5 Å². The SMILES string of the molecule is O=C(Nc1ccc(C(F)(F)F)cc1)N1CCC(n2nccc2C2CC2)CC1. The predicted molar refractivity (Wildman–Crippen MR) is 94.5 cm³/mol. The number of nitrogens with zero attached hydrogens (tertiary/aromatic N) is 3. The molecule has 1 aromatic heterocycles. The van der Waals surface area contributed by atoms with E-state index in [1.165, 1.54) is 30.7 Å². The lowest BCUT2D eigenvalue weighted by atomic mass is 10.0. The van der Waals surface area contributed by atoms with E-state index in [0.29, 0.717) is 30.7 Å². The van der Waals surface area contributed by atoms with E-state index >= 15 is 0 Å². The highest BCUT2D eigenvalue weighted by Crippen LogP contribution is 2.41. The Kier molecular flexibility index (Phi) is 4.57. The van der Waals surface area contributed by atoms with Crippen LogP contribution in [0.2, 0.25) is 0 Å². The van der Waals surface area contributed by atoms with Gasteiger partial charge in [-0.05, 0) is 56.0 Å². The maximum Gasteiger partial charge on any atom is 0.416 e. The largest absolute Gasteiger partial charge is 0.416 e. The van der Waals surface area contributed by atoms with Crippen molar-refractivity contribution < 1.29 is 18.0 Å². The Morgan fingerprint density at radius 1 is 1.04 bits per heavy atom. The molecule has 1 aliphatic carbocycles. The van der Waals surface area contributed by atoms with Gasteiger partial charge in [0.05, 0.1) is 11.6 Å². The Morgan fingerprint density at radius 3 is 2.30 bits per heavy atom. The quantitative estimate of drug-likeness (QED) is 0.845. The number of anilines is 1. The number of amides is 2. The Hall–Kier alpha value is -2.51. The highest BCUT2D eigenvalue weighted by atomic mass is 19.4. The van der Waals surface area contributed by atoms with E-state index in [9.17, 15) is 18.0 Å². The fourth-order valence-electron chi connectivity index (χ4n) is 3.59. The summed E-state index contributed by atoms with van der Waals surface area (Å²) in [6.07, 6.45) is 1.55. The van der Waals surface area contributed by atoms with Gasteiger partial charge in [-0.3, -0.25) is 4.68 Å². The van der Waals surface area contributed by atoms with Gasteiger partial charge >= 0.3 is 12.2 Å². The molecule has 2 aromatic rings. The molecule has 4 rings (SSSR count). The van der Waals surface area contributed by atoms with Gasteiger partial charge in [0.2, 0.25) is 0 Å². The normalized spacial score (nSPS) is 18.6. The second kappa shape index (κ2) is 6.90. The molecule has 2 heterocycles. The summed E-state index contributed by atoms with van der Waals surface area (Å²) in [5.41, 5.74) is 0.924. The molecule has 8 heteroatoms. The van der Waals surface area contributed by atoms with Crippen LogP contribution in [0.5, 0.6) is 0 Å². The third-order valence-corrected chi connectivity index (χ3v) is 5.26. The molecule has 1 saturated heterocycles. The number of alkyl halides is 3. The summed E-state index contributed by atoms with van der Waals surface area (Å²) in [6, 6.07) is 6.60. The Labute approximate surface area is 155 Å². The number of hydrogen-bond donors (Lipinski definition) is 1. The van der Waals surface area contributed by atoms with Gasteiger partial charge in [0.25, 0.3) is 0 Å². The number of aromatic nitrogens is 2. The molecule has 0 atom stereocenters. The molecule has 144 valence electrons. The molecule has 5 nitrogen and oxygen atoms in total. The summed E-state index contributed by atoms with van der Waals surface area (Å²) in [4.78, 5) is 14.1. The van der Waals surface area contributed by atoms with Crippen LogP contribution in [0, 0.1) is 0 Å². The second-order valence-electron chi connectivity index (χ2n) is 7.20. The van der Waals surface area contributed by atoms with Crippen molar-refractivity contribution >= 4 is 11.7 Å². The second-order valence-corrected chi connectivity index (χ2v) is 7.20. The average molecular weight is 378 g/mol. The summed E-state index contributed by atoms with van der Waals surface area (Å²) >= 11 is 0. The third-order valence-electron chi connectivity index (χ3n) is 5.26. The molecular weight excluding hydrogens is 357 g/mol. The van der Waals surface area contributed by atoms with E-state index in [2.05, 4.69) is 21.2 Å². The smallest absolute Gasteiger partial charge is 0.324 e. The Morgan fingerprint density at radius 2 is 1.70 bits per heavy atom. The number of carbonyl (C=O) groups excluding carboxylic acids is 1. The lowest BCUT2D eigenvalue weighted by Gasteiger charge is -2.33. The van der Waals surface area contributed by atoms with Gasteiger partial charge in [-0.2, -0.15) is 18.3 Å². The van der Waals surface area contributed by atoms with Crippen LogP contribution in [0.4, 0.5) is 23.7 Å². The van der Waals surface area contributed by atoms with Crippen LogP contribution in [0.25, 0.3) is 0 Å². The predicted octanol–water partition coefficient (Wildman–Crippen LogP) is 4.65. The molecule has 1 aliphatic heterocycles.